The molecule has 0 bridgehead atoms. The zero-order chi connectivity index (χ0) is 10.7. The third kappa shape index (κ3) is 2.43. The van der Waals surface area contributed by atoms with Crippen molar-refractivity contribution in [1.82, 2.24) is 5.32 Å². The summed E-state index contributed by atoms with van der Waals surface area (Å²) in [4.78, 5) is 0. The zero-order valence-electron chi connectivity index (χ0n) is 7.59. The van der Waals surface area contributed by atoms with E-state index in [1.165, 1.54) is 12.1 Å². The molecular formula is C9H11BrFNO2. The molecule has 0 aromatic heterocycles. The second-order valence-corrected chi connectivity index (χ2v) is 3.70. The monoisotopic (exact) mass is 263 g/mol. The molecule has 1 unspecified atom stereocenters. The number of hydrogen-bond acceptors (Lipinski definition) is 3. The van der Waals surface area contributed by atoms with E-state index in [1.807, 2.05) is 0 Å². The minimum Gasteiger partial charge on any atom is -0.507 e. The van der Waals surface area contributed by atoms with Crippen molar-refractivity contribution in [2.75, 3.05) is 13.6 Å². The molecule has 1 rings (SSSR count). The molecule has 0 fully saturated rings. The van der Waals surface area contributed by atoms with E-state index < -0.39 is 11.9 Å². The summed E-state index contributed by atoms with van der Waals surface area (Å²) < 4.78 is 13.1. The van der Waals surface area contributed by atoms with Gasteiger partial charge in [0.15, 0.2) is 0 Å². The van der Waals surface area contributed by atoms with Crippen molar-refractivity contribution in [2.24, 2.45) is 0 Å². The number of phenols is 1. The van der Waals surface area contributed by atoms with Crippen LogP contribution >= 0.6 is 15.9 Å². The Hall–Kier alpha value is -0.650. The third-order valence-corrected chi connectivity index (χ3v) is 2.60. The molecule has 0 radical (unpaired) electrons. The van der Waals surface area contributed by atoms with Crippen molar-refractivity contribution in [3.63, 3.8) is 0 Å². The van der Waals surface area contributed by atoms with E-state index in [-0.39, 0.29) is 10.2 Å². The first-order valence-corrected chi connectivity index (χ1v) is 4.86. The Morgan fingerprint density at radius 1 is 1.57 bits per heavy atom. The van der Waals surface area contributed by atoms with E-state index in [0.717, 1.165) is 0 Å². The minimum atomic E-state index is -0.825. The number of halogens is 2. The van der Waals surface area contributed by atoms with Crippen LogP contribution in [0.25, 0.3) is 0 Å². The molecule has 1 atom stereocenters. The Labute approximate surface area is 89.7 Å². The summed E-state index contributed by atoms with van der Waals surface area (Å²) in [5, 5.41) is 21.5. The second kappa shape index (κ2) is 4.72. The van der Waals surface area contributed by atoms with E-state index in [4.69, 9.17) is 0 Å². The predicted octanol–water partition coefficient (Wildman–Crippen LogP) is 1.55. The van der Waals surface area contributed by atoms with Crippen LogP contribution < -0.4 is 5.32 Å². The van der Waals surface area contributed by atoms with Gasteiger partial charge in [0.1, 0.15) is 11.6 Å². The highest BCUT2D eigenvalue weighted by Crippen LogP contribution is 2.30. The second-order valence-electron chi connectivity index (χ2n) is 2.91. The van der Waals surface area contributed by atoms with E-state index in [9.17, 15) is 14.6 Å². The molecule has 14 heavy (non-hydrogen) atoms. The fourth-order valence-corrected chi connectivity index (χ4v) is 1.33. The fraction of sp³-hybridized carbons (Fsp3) is 0.333. The number of aliphatic hydroxyl groups is 1. The molecular weight excluding hydrogens is 253 g/mol. The van der Waals surface area contributed by atoms with Gasteiger partial charge in [0.2, 0.25) is 0 Å². The van der Waals surface area contributed by atoms with Gasteiger partial charge in [0.25, 0.3) is 0 Å². The largest absolute Gasteiger partial charge is 0.507 e. The van der Waals surface area contributed by atoms with Crippen molar-refractivity contribution < 1.29 is 14.6 Å². The predicted molar refractivity (Wildman–Crippen MR) is 54.7 cm³/mol. The molecule has 3 nitrogen and oxygen atoms in total. The Balaban J connectivity index is 3.00. The van der Waals surface area contributed by atoms with E-state index in [1.54, 1.807) is 7.05 Å². The van der Waals surface area contributed by atoms with Gasteiger partial charge in [0, 0.05) is 6.54 Å². The molecule has 0 heterocycles. The van der Waals surface area contributed by atoms with Gasteiger partial charge in [0.05, 0.1) is 10.6 Å². The molecule has 0 saturated heterocycles. The fourth-order valence-electron chi connectivity index (χ4n) is 1.10. The Bertz CT molecular complexity index is 310. The maximum Gasteiger partial charge on any atom is 0.141 e. The number of rotatable bonds is 3. The molecule has 0 aliphatic rings. The number of benzene rings is 1. The van der Waals surface area contributed by atoms with Gasteiger partial charge in [-0.15, -0.1) is 0 Å². The van der Waals surface area contributed by atoms with Gasteiger partial charge < -0.3 is 15.5 Å². The first-order chi connectivity index (χ1) is 6.56. The normalized spacial score (nSPS) is 12.9. The lowest BCUT2D eigenvalue weighted by atomic mass is 10.1. The molecule has 78 valence electrons. The van der Waals surface area contributed by atoms with Crippen molar-refractivity contribution in [2.45, 2.75) is 6.10 Å². The van der Waals surface area contributed by atoms with E-state index >= 15 is 0 Å². The number of phenolic OH excluding ortho intramolecular Hbond substituents is 1. The molecule has 0 saturated carbocycles. The highest BCUT2D eigenvalue weighted by Gasteiger charge is 2.12. The number of nitrogens with one attached hydrogen (secondary N) is 1. The smallest absolute Gasteiger partial charge is 0.141 e. The van der Waals surface area contributed by atoms with Crippen LogP contribution in [-0.2, 0) is 0 Å². The summed E-state index contributed by atoms with van der Waals surface area (Å²) in [6.07, 6.45) is -0.825. The van der Waals surface area contributed by atoms with Gasteiger partial charge in [-0.25, -0.2) is 4.39 Å². The molecule has 0 aliphatic carbocycles. The number of hydrogen-bond donors (Lipinski definition) is 3. The first-order valence-electron chi connectivity index (χ1n) is 4.06. The van der Waals surface area contributed by atoms with Crippen molar-refractivity contribution >= 4 is 15.9 Å². The van der Waals surface area contributed by atoms with Crippen LogP contribution in [-0.4, -0.2) is 23.8 Å². The maximum atomic E-state index is 13.1. The average molecular weight is 264 g/mol. The van der Waals surface area contributed by atoms with Crippen molar-refractivity contribution in [3.8, 4) is 5.75 Å². The van der Waals surface area contributed by atoms with Gasteiger partial charge in [-0.05, 0) is 40.7 Å². The minimum absolute atomic E-state index is 0.0120. The number of aromatic hydroxyl groups is 1. The van der Waals surface area contributed by atoms with Crippen molar-refractivity contribution in [1.29, 1.82) is 0 Å². The highest BCUT2D eigenvalue weighted by molar-refractivity contribution is 9.10. The summed E-state index contributed by atoms with van der Waals surface area (Å²) in [5.41, 5.74) is 0.345. The summed E-state index contributed by atoms with van der Waals surface area (Å²) in [5.74, 6) is -0.801. The summed E-state index contributed by atoms with van der Waals surface area (Å²) in [6, 6.07) is 2.51. The summed E-state index contributed by atoms with van der Waals surface area (Å²) in [6.45, 7) is 0.306. The van der Waals surface area contributed by atoms with Crippen molar-refractivity contribution in [3.05, 3.63) is 28.0 Å². The van der Waals surface area contributed by atoms with Crippen LogP contribution in [0.2, 0.25) is 0 Å². The van der Waals surface area contributed by atoms with Crippen LogP contribution in [0.3, 0.4) is 0 Å². The Kier molecular flexibility index (Phi) is 3.86. The van der Waals surface area contributed by atoms with Crippen LogP contribution in [0.5, 0.6) is 5.75 Å². The lowest BCUT2D eigenvalue weighted by Crippen LogP contribution is -2.16. The lowest BCUT2D eigenvalue weighted by molar-refractivity contribution is 0.177. The molecule has 3 N–H and O–H groups in total. The van der Waals surface area contributed by atoms with Crippen LogP contribution in [0.4, 0.5) is 4.39 Å². The molecule has 1 aromatic carbocycles. The average Bonchev–Trinajstić information content (AvgIpc) is 2.13. The van der Waals surface area contributed by atoms with Crippen LogP contribution in [0.15, 0.2) is 16.6 Å². The molecule has 5 heteroatoms. The molecule has 0 amide bonds. The van der Waals surface area contributed by atoms with E-state index in [0.29, 0.717) is 12.1 Å². The molecule has 1 aromatic rings. The summed E-state index contributed by atoms with van der Waals surface area (Å²) >= 11 is 2.88. The summed E-state index contributed by atoms with van der Waals surface area (Å²) in [7, 11) is 1.68. The Morgan fingerprint density at radius 3 is 2.71 bits per heavy atom. The van der Waals surface area contributed by atoms with Gasteiger partial charge in [-0.2, -0.15) is 0 Å². The number of likely N-dealkylation sites (N-methyl/N-ethyl adjacent to an activating group) is 1. The first kappa shape index (κ1) is 11.4. The zero-order valence-corrected chi connectivity index (χ0v) is 9.18. The van der Waals surface area contributed by atoms with Gasteiger partial charge in [-0.1, -0.05) is 0 Å². The van der Waals surface area contributed by atoms with Crippen LogP contribution in [0.1, 0.15) is 11.7 Å². The SMILES string of the molecule is CNCC(O)c1cc(O)c(Br)c(F)c1. The van der Waals surface area contributed by atoms with Gasteiger partial charge in [-0.3, -0.25) is 0 Å². The van der Waals surface area contributed by atoms with E-state index in [2.05, 4.69) is 21.2 Å². The topological polar surface area (TPSA) is 52.5 Å². The van der Waals surface area contributed by atoms with Crippen LogP contribution in [0, 0.1) is 5.82 Å². The molecule has 0 aliphatic heterocycles. The lowest BCUT2D eigenvalue weighted by Gasteiger charge is -2.11. The van der Waals surface area contributed by atoms with Gasteiger partial charge >= 0.3 is 0 Å². The molecule has 0 spiro atoms. The maximum absolute atomic E-state index is 13.1. The Morgan fingerprint density at radius 2 is 2.21 bits per heavy atom. The third-order valence-electron chi connectivity index (χ3n) is 1.81. The number of aliphatic hydroxyl groups excluding tert-OH is 1. The highest BCUT2D eigenvalue weighted by atomic mass is 79.9. The quantitative estimate of drug-likeness (QED) is 0.776. The standard InChI is InChI=1S/C9H11BrFNO2/c1-12-4-8(14)5-2-6(11)9(10)7(13)3-5/h2-3,8,12-14H,4H2,1H3.